The summed E-state index contributed by atoms with van der Waals surface area (Å²) in [6.07, 6.45) is 1.63. The van der Waals surface area contributed by atoms with Crippen LogP contribution in [0.3, 0.4) is 0 Å². The van der Waals surface area contributed by atoms with Crippen LogP contribution in [0.2, 0.25) is 0 Å². The predicted octanol–water partition coefficient (Wildman–Crippen LogP) is 2.96. The number of nitro benzene ring substituents is 1. The minimum absolute atomic E-state index is 0.0530. The van der Waals surface area contributed by atoms with E-state index < -0.39 is 4.92 Å². The average Bonchev–Trinajstić information content (AvgIpc) is 3.20. The fourth-order valence-corrected chi connectivity index (χ4v) is 3.98. The Labute approximate surface area is 179 Å². The van der Waals surface area contributed by atoms with Gasteiger partial charge in [-0.05, 0) is 31.4 Å². The molecule has 1 saturated heterocycles. The zero-order valence-electron chi connectivity index (χ0n) is 17.2. The number of nitrogens with zero attached hydrogens (tertiary/aromatic N) is 4. The van der Waals surface area contributed by atoms with E-state index in [1.54, 1.807) is 19.1 Å². The van der Waals surface area contributed by atoms with Gasteiger partial charge >= 0.3 is 0 Å². The van der Waals surface area contributed by atoms with E-state index in [0.717, 1.165) is 12.8 Å². The molecule has 0 atom stereocenters. The lowest BCUT2D eigenvalue weighted by molar-refractivity contribution is -0.384. The third kappa shape index (κ3) is 4.17. The van der Waals surface area contributed by atoms with Gasteiger partial charge in [-0.1, -0.05) is 41.6 Å². The average molecular weight is 421 g/mol. The van der Waals surface area contributed by atoms with Crippen molar-refractivity contribution in [1.82, 2.24) is 20.3 Å². The van der Waals surface area contributed by atoms with Crippen molar-refractivity contribution < 1.29 is 14.5 Å². The number of ether oxygens (including phenoxy) is 1. The molecule has 3 aromatic rings. The van der Waals surface area contributed by atoms with Gasteiger partial charge in [0.15, 0.2) is 5.69 Å². The van der Waals surface area contributed by atoms with Crippen molar-refractivity contribution in [1.29, 1.82) is 0 Å². The largest absolute Gasteiger partial charge is 0.381 e. The van der Waals surface area contributed by atoms with Crippen LogP contribution in [0.1, 0.15) is 34.6 Å². The summed E-state index contributed by atoms with van der Waals surface area (Å²) < 4.78 is 6.98. The minimum Gasteiger partial charge on any atom is -0.381 e. The van der Waals surface area contributed by atoms with E-state index in [1.807, 2.05) is 18.2 Å². The molecule has 0 unspecified atom stereocenters. The predicted molar refractivity (Wildman–Crippen MR) is 113 cm³/mol. The molecule has 1 aromatic heterocycles. The molecule has 1 N–H and O–H groups in total. The molecule has 1 aliphatic heterocycles. The first-order valence-corrected chi connectivity index (χ1v) is 10.1. The number of amides is 1. The molecule has 160 valence electrons. The molecular formula is C22H23N5O4. The number of carbonyl (C=O) groups excluding carboxylic acids is 1. The van der Waals surface area contributed by atoms with Gasteiger partial charge in [0.2, 0.25) is 0 Å². The lowest BCUT2D eigenvalue weighted by Crippen LogP contribution is -2.44. The number of nitro groups is 1. The molecule has 1 fully saturated rings. The first-order chi connectivity index (χ1) is 15.0. The van der Waals surface area contributed by atoms with E-state index in [4.69, 9.17) is 4.74 Å². The fraction of sp³-hybridized carbons (Fsp3) is 0.318. The van der Waals surface area contributed by atoms with Crippen molar-refractivity contribution in [3.8, 4) is 5.69 Å². The second-order valence-corrected chi connectivity index (χ2v) is 7.65. The fourth-order valence-electron chi connectivity index (χ4n) is 3.98. The van der Waals surface area contributed by atoms with Crippen LogP contribution >= 0.6 is 0 Å². The molecule has 2 heterocycles. The van der Waals surface area contributed by atoms with Crippen molar-refractivity contribution in [3.63, 3.8) is 0 Å². The van der Waals surface area contributed by atoms with Gasteiger partial charge in [0.25, 0.3) is 11.6 Å². The highest BCUT2D eigenvalue weighted by molar-refractivity contribution is 5.93. The van der Waals surface area contributed by atoms with E-state index >= 15 is 0 Å². The Kier molecular flexibility index (Phi) is 5.77. The molecule has 0 radical (unpaired) electrons. The molecule has 0 spiro atoms. The second-order valence-electron chi connectivity index (χ2n) is 7.65. The molecule has 9 heteroatoms. The van der Waals surface area contributed by atoms with Crippen LogP contribution in [0.4, 0.5) is 5.69 Å². The smallest absolute Gasteiger partial charge is 0.273 e. The van der Waals surface area contributed by atoms with Crippen LogP contribution in [0.25, 0.3) is 5.69 Å². The monoisotopic (exact) mass is 421 g/mol. The van der Waals surface area contributed by atoms with Crippen LogP contribution in [0, 0.1) is 17.0 Å². The summed E-state index contributed by atoms with van der Waals surface area (Å²) >= 11 is 0. The van der Waals surface area contributed by atoms with Crippen molar-refractivity contribution >= 4 is 11.6 Å². The molecular weight excluding hydrogens is 398 g/mol. The normalized spacial score (nSPS) is 15.4. The highest BCUT2D eigenvalue weighted by atomic mass is 16.6. The summed E-state index contributed by atoms with van der Waals surface area (Å²) in [5.74, 6) is -0.323. The molecule has 4 rings (SSSR count). The van der Waals surface area contributed by atoms with Crippen molar-refractivity contribution in [2.45, 2.75) is 25.2 Å². The zero-order valence-corrected chi connectivity index (χ0v) is 17.2. The number of aromatic nitrogens is 3. The molecule has 0 aliphatic carbocycles. The summed E-state index contributed by atoms with van der Waals surface area (Å²) in [5, 5.41) is 22.2. The summed E-state index contributed by atoms with van der Waals surface area (Å²) in [4.78, 5) is 23.5. The molecule has 1 aliphatic rings. The van der Waals surface area contributed by atoms with Crippen molar-refractivity contribution in [2.75, 3.05) is 19.8 Å². The van der Waals surface area contributed by atoms with Gasteiger partial charge in [-0.15, -0.1) is 5.10 Å². The van der Waals surface area contributed by atoms with Crippen molar-refractivity contribution in [3.05, 3.63) is 81.7 Å². The minimum atomic E-state index is -0.472. The number of rotatable bonds is 6. The van der Waals surface area contributed by atoms with Gasteiger partial charge in [-0.2, -0.15) is 0 Å². The maximum Gasteiger partial charge on any atom is 0.273 e. The molecule has 9 nitrogen and oxygen atoms in total. The summed E-state index contributed by atoms with van der Waals surface area (Å²) in [6, 6.07) is 16.2. The zero-order chi connectivity index (χ0) is 21.8. The Morgan fingerprint density at radius 2 is 1.94 bits per heavy atom. The molecule has 31 heavy (non-hydrogen) atoms. The second kappa shape index (κ2) is 8.65. The van der Waals surface area contributed by atoms with E-state index in [0.29, 0.717) is 31.1 Å². The summed E-state index contributed by atoms with van der Waals surface area (Å²) in [5.41, 5.74) is 2.11. The summed E-state index contributed by atoms with van der Waals surface area (Å²) in [7, 11) is 0. The Bertz CT molecular complexity index is 1090. The van der Waals surface area contributed by atoms with Crippen LogP contribution in [-0.4, -0.2) is 45.6 Å². The molecule has 0 bridgehead atoms. The topological polar surface area (TPSA) is 112 Å². The highest BCUT2D eigenvalue weighted by Crippen LogP contribution is 2.34. The van der Waals surface area contributed by atoms with Gasteiger partial charge in [-0.25, -0.2) is 4.68 Å². The highest BCUT2D eigenvalue weighted by Gasteiger charge is 2.35. The number of hydrogen-bond donors (Lipinski definition) is 1. The first kappa shape index (κ1) is 20.7. The molecule has 1 amide bonds. The van der Waals surface area contributed by atoms with E-state index in [9.17, 15) is 14.9 Å². The Balaban J connectivity index is 1.54. The standard InChI is InChI=1S/C22H23N5O4/c1-16-20(24-25-26(16)18-8-5-9-19(14-18)27(29)30)21(28)23-15-22(10-12-31-13-11-22)17-6-3-2-4-7-17/h2-9,14H,10-13,15H2,1H3,(H,23,28). The number of non-ortho nitro benzene ring substituents is 1. The number of carbonyl (C=O) groups is 1. The maximum absolute atomic E-state index is 12.9. The van der Waals surface area contributed by atoms with E-state index in [1.165, 1.54) is 22.4 Å². The van der Waals surface area contributed by atoms with Crippen LogP contribution in [-0.2, 0) is 10.2 Å². The lowest BCUT2D eigenvalue weighted by Gasteiger charge is -2.37. The van der Waals surface area contributed by atoms with Gasteiger partial charge in [0, 0.05) is 37.3 Å². The lowest BCUT2D eigenvalue weighted by atomic mass is 9.74. The Morgan fingerprint density at radius 3 is 2.65 bits per heavy atom. The van der Waals surface area contributed by atoms with E-state index in [2.05, 4.69) is 27.8 Å². The number of benzene rings is 2. The van der Waals surface area contributed by atoms with Crippen molar-refractivity contribution in [2.24, 2.45) is 0 Å². The quantitative estimate of drug-likeness (QED) is 0.484. The third-order valence-electron chi connectivity index (χ3n) is 5.82. The molecule has 2 aromatic carbocycles. The van der Waals surface area contributed by atoms with Gasteiger partial charge in [0.1, 0.15) is 0 Å². The van der Waals surface area contributed by atoms with Crippen LogP contribution in [0.5, 0.6) is 0 Å². The number of nitrogens with one attached hydrogen (secondary N) is 1. The third-order valence-corrected chi connectivity index (χ3v) is 5.82. The Hall–Kier alpha value is -3.59. The maximum atomic E-state index is 12.9. The molecule has 0 saturated carbocycles. The van der Waals surface area contributed by atoms with Crippen LogP contribution in [0.15, 0.2) is 54.6 Å². The van der Waals surface area contributed by atoms with Gasteiger partial charge in [0.05, 0.1) is 16.3 Å². The van der Waals surface area contributed by atoms with Gasteiger partial charge < -0.3 is 10.1 Å². The van der Waals surface area contributed by atoms with Gasteiger partial charge in [-0.3, -0.25) is 14.9 Å². The number of hydrogen-bond acceptors (Lipinski definition) is 6. The van der Waals surface area contributed by atoms with Crippen LogP contribution < -0.4 is 5.32 Å². The van der Waals surface area contributed by atoms with E-state index in [-0.39, 0.29) is 22.7 Å². The summed E-state index contributed by atoms with van der Waals surface area (Å²) in [6.45, 7) is 3.47. The Morgan fingerprint density at radius 1 is 1.19 bits per heavy atom. The first-order valence-electron chi connectivity index (χ1n) is 10.1. The SMILES string of the molecule is Cc1c(C(=O)NCC2(c3ccccc3)CCOCC2)nnn1-c1cccc([N+](=O)[O-])c1.